The van der Waals surface area contributed by atoms with Crippen LogP contribution in [0.1, 0.15) is 59.3 Å². The van der Waals surface area contributed by atoms with E-state index in [1.165, 1.54) is 0 Å². The highest BCUT2D eigenvalue weighted by Gasteiger charge is 2.53. The quantitative estimate of drug-likeness (QED) is 0.577. The van der Waals surface area contributed by atoms with Crippen molar-refractivity contribution in [1.29, 1.82) is 0 Å². The Kier molecular flexibility index (Phi) is 3.96. The highest BCUT2D eigenvalue weighted by molar-refractivity contribution is 5.75. The van der Waals surface area contributed by atoms with E-state index < -0.39 is 5.41 Å². The van der Waals surface area contributed by atoms with Gasteiger partial charge in [-0.05, 0) is 51.9 Å². The van der Waals surface area contributed by atoms with E-state index in [0.717, 1.165) is 32.1 Å². The minimum absolute atomic E-state index is 0.0252. The van der Waals surface area contributed by atoms with Gasteiger partial charge in [-0.2, -0.15) is 0 Å². The van der Waals surface area contributed by atoms with Crippen LogP contribution < -0.4 is 0 Å². The molecule has 4 unspecified atom stereocenters. The van der Waals surface area contributed by atoms with Crippen LogP contribution in [0, 0.1) is 17.3 Å². The third kappa shape index (κ3) is 2.87. The fourth-order valence-electron chi connectivity index (χ4n) is 4.10. The zero-order valence-corrected chi connectivity index (χ0v) is 13.7. The van der Waals surface area contributed by atoms with Gasteiger partial charge in [-0.15, -0.1) is 0 Å². The van der Waals surface area contributed by atoms with E-state index in [1.54, 1.807) is 0 Å². The second kappa shape index (κ2) is 5.52. The first-order valence-electron chi connectivity index (χ1n) is 8.35. The Hall–Kier alpha value is -1.10. The largest absolute Gasteiger partial charge is 0.462 e. The summed E-state index contributed by atoms with van der Waals surface area (Å²) in [5, 5.41) is 0. The number of rotatable bonds is 5. The van der Waals surface area contributed by atoms with Crippen molar-refractivity contribution in [3.8, 4) is 0 Å². The highest BCUT2D eigenvalue weighted by Crippen LogP contribution is 2.51. The minimum Gasteiger partial charge on any atom is -0.462 e. The van der Waals surface area contributed by atoms with Gasteiger partial charge in [-0.1, -0.05) is 6.92 Å². The zero-order valence-electron chi connectivity index (χ0n) is 13.7. The van der Waals surface area contributed by atoms with Crippen molar-refractivity contribution in [1.82, 2.24) is 0 Å². The van der Waals surface area contributed by atoms with Crippen LogP contribution in [-0.4, -0.2) is 30.4 Å². The zero-order chi connectivity index (χ0) is 16.0. The Morgan fingerprint density at radius 3 is 2.82 bits per heavy atom. The van der Waals surface area contributed by atoms with Crippen molar-refractivity contribution in [3.05, 3.63) is 0 Å². The highest BCUT2D eigenvalue weighted by atomic mass is 16.7. The SMILES string of the molecule is CCC(C)(C)C(=O)OCOC12CC3CC(C1)OC(=O)C(C3)C2. The molecule has 0 radical (unpaired) electrons. The van der Waals surface area contributed by atoms with E-state index >= 15 is 0 Å². The van der Waals surface area contributed by atoms with Crippen LogP contribution in [0.5, 0.6) is 0 Å². The lowest BCUT2D eigenvalue weighted by molar-refractivity contribution is -0.199. The monoisotopic (exact) mass is 310 g/mol. The molecule has 4 bridgehead atoms. The molecule has 0 N–H and O–H groups in total. The maximum Gasteiger partial charge on any atom is 0.313 e. The van der Waals surface area contributed by atoms with Crippen molar-refractivity contribution < 1.29 is 23.8 Å². The van der Waals surface area contributed by atoms with Gasteiger partial charge in [-0.25, -0.2) is 0 Å². The molecule has 4 fully saturated rings. The first-order valence-corrected chi connectivity index (χ1v) is 8.35. The number of hydrogen-bond acceptors (Lipinski definition) is 5. The van der Waals surface area contributed by atoms with Crippen molar-refractivity contribution in [2.45, 2.75) is 71.0 Å². The number of fused-ring (bicyclic) bond motifs is 1. The molecule has 2 saturated carbocycles. The number of ether oxygens (including phenoxy) is 3. The van der Waals surface area contributed by atoms with Crippen molar-refractivity contribution in [3.63, 3.8) is 0 Å². The smallest absolute Gasteiger partial charge is 0.313 e. The van der Waals surface area contributed by atoms with Crippen molar-refractivity contribution in [2.24, 2.45) is 17.3 Å². The van der Waals surface area contributed by atoms with Gasteiger partial charge < -0.3 is 14.2 Å². The van der Waals surface area contributed by atoms with E-state index in [1.807, 2.05) is 20.8 Å². The molecule has 0 aromatic heterocycles. The van der Waals surface area contributed by atoms with Gasteiger partial charge in [0.1, 0.15) is 6.10 Å². The predicted octanol–water partition coefficient (Wildman–Crippen LogP) is 2.81. The summed E-state index contributed by atoms with van der Waals surface area (Å²) in [6.07, 6.45) is 4.96. The summed E-state index contributed by atoms with van der Waals surface area (Å²) >= 11 is 0. The normalized spacial score (nSPS) is 36.9. The molecular weight excluding hydrogens is 284 g/mol. The van der Waals surface area contributed by atoms with Crippen LogP contribution in [0.4, 0.5) is 0 Å². The van der Waals surface area contributed by atoms with E-state index in [0.29, 0.717) is 12.3 Å². The summed E-state index contributed by atoms with van der Waals surface area (Å²) in [7, 11) is 0. The van der Waals surface area contributed by atoms with Gasteiger partial charge in [0, 0.05) is 6.42 Å². The van der Waals surface area contributed by atoms with Gasteiger partial charge in [0.05, 0.1) is 16.9 Å². The fourth-order valence-corrected chi connectivity index (χ4v) is 4.10. The Bertz CT molecular complexity index is 472. The number of hydrogen-bond donors (Lipinski definition) is 0. The molecule has 0 aromatic carbocycles. The van der Waals surface area contributed by atoms with E-state index in [2.05, 4.69) is 0 Å². The first-order chi connectivity index (χ1) is 10.3. The van der Waals surface area contributed by atoms with Crippen molar-refractivity contribution in [2.75, 3.05) is 6.79 Å². The molecule has 2 heterocycles. The van der Waals surface area contributed by atoms with Gasteiger partial charge in [0.25, 0.3) is 0 Å². The van der Waals surface area contributed by atoms with Crippen LogP contribution >= 0.6 is 0 Å². The van der Waals surface area contributed by atoms with Crippen LogP contribution in [0.2, 0.25) is 0 Å². The molecule has 124 valence electrons. The second-order valence-electron chi connectivity index (χ2n) is 7.82. The Morgan fingerprint density at radius 2 is 2.09 bits per heavy atom. The summed E-state index contributed by atoms with van der Waals surface area (Å²) in [6.45, 7) is 5.69. The van der Waals surface area contributed by atoms with E-state index in [-0.39, 0.29) is 36.4 Å². The molecule has 22 heavy (non-hydrogen) atoms. The Morgan fingerprint density at radius 1 is 1.32 bits per heavy atom. The van der Waals surface area contributed by atoms with Gasteiger partial charge >= 0.3 is 11.9 Å². The van der Waals surface area contributed by atoms with Crippen LogP contribution in [0.3, 0.4) is 0 Å². The standard InChI is InChI=1S/C17H26O5/c1-4-16(2,3)15(19)20-10-21-17-7-11-5-12(8-17)14(18)22-13(6-11)9-17/h11-13H,4-10H2,1-3H3. The molecule has 0 amide bonds. The van der Waals surface area contributed by atoms with Gasteiger partial charge in [0.2, 0.25) is 0 Å². The molecule has 5 nitrogen and oxygen atoms in total. The molecule has 5 heteroatoms. The molecule has 4 atom stereocenters. The summed E-state index contributed by atoms with van der Waals surface area (Å²) in [5.74, 6) is 0.146. The lowest BCUT2D eigenvalue weighted by Gasteiger charge is -2.45. The van der Waals surface area contributed by atoms with Gasteiger partial charge in [-0.3, -0.25) is 9.59 Å². The third-order valence-corrected chi connectivity index (χ3v) is 5.70. The number of carbonyl (C=O) groups excluding carboxylic acids is 2. The molecule has 4 aliphatic rings. The van der Waals surface area contributed by atoms with E-state index in [4.69, 9.17) is 14.2 Å². The molecular formula is C17H26O5. The molecule has 2 aliphatic carbocycles. The molecule has 2 saturated heterocycles. The van der Waals surface area contributed by atoms with Crippen LogP contribution in [0.25, 0.3) is 0 Å². The Balaban J connectivity index is 1.61. The van der Waals surface area contributed by atoms with Crippen molar-refractivity contribution >= 4 is 11.9 Å². The van der Waals surface area contributed by atoms with E-state index in [9.17, 15) is 9.59 Å². The summed E-state index contributed by atoms with van der Waals surface area (Å²) in [4.78, 5) is 24.0. The average molecular weight is 310 g/mol. The summed E-state index contributed by atoms with van der Waals surface area (Å²) < 4.78 is 16.9. The fraction of sp³-hybridized carbons (Fsp3) is 0.882. The van der Waals surface area contributed by atoms with Crippen LogP contribution in [0.15, 0.2) is 0 Å². The molecule has 0 spiro atoms. The maximum atomic E-state index is 12.0. The number of esters is 2. The predicted molar refractivity (Wildman–Crippen MR) is 78.8 cm³/mol. The molecule has 2 aliphatic heterocycles. The summed E-state index contributed by atoms with van der Waals surface area (Å²) in [6, 6.07) is 0. The lowest BCUT2D eigenvalue weighted by Crippen LogP contribution is -2.47. The third-order valence-electron chi connectivity index (χ3n) is 5.70. The lowest BCUT2D eigenvalue weighted by atomic mass is 9.65. The maximum absolute atomic E-state index is 12.0. The summed E-state index contributed by atoms with van der Waals surface area (Å²) in [5.41, 5.74) is -0.833. The Labute approximate surface area is 131 Å². The van der Waals surface area contributed by atoms with Gasteiger partial charge in [0.15, 0.2) is 6.79 Å². The van der Waals surface area contributed by atoms with Crippen LogP contribution in [-0.2, 0) is 23.8 Å². The first kappa shape index (κ1) is 15.8. The second-order valence-corrected chi connectivity index (χ2v) is 7.82. The minimum atomic E-state index is -0.485. The topological polar surface area (TPSA) is 61.8 Å². The average Bonchev–Trinajstić information content (AvgIpc) is 2.61. The molecule has 4 rings (SSSR count). The molecule has 0 aromatic rings. The number of carbonyl (C=O) groups is 2.